The van der Waals surface area contributed by atoms with Crippen LogP contribution in [0.25, 0.3) is 0 Å². The van der Waals surface area contributed by atoms with Crippen LogP contribution in [0.15, 0.2) is 53.9 Å². The minimum absolute atomic E-state index is 0.00211. The quantitative estimate of drug-likeness (QED) is 0.292. The summed E-state index contributed by atoms with van der Waals surface area (Å²) in [4.78, 5) is 41.7. The van der Waals surface area contributed by atoms with Crippen molar-refractivity contribution in [1.82, 2.24) is 4.98 Å². The number of Topliss-reactive ketones (excluding diaryl/α,β-unsaturated/α-hetero) is 1. The summed E-state index contributed by atoms with van der Waals surface area (Å²) >= 11 is 1.03. The molecule has 3 rings (SSSR count). The summed E-state index contributed by atoms with van der Waals surface area (Å²) in [6.45, 7) is 2.93. The van der Waals surface area contributed by atoms with Gasteiger partial charge in [-0.05, 0) is 25.1 Å². The van der Waals surface area contributed by atoms with Crippen LogP contribution in [-0.4, -0.2) is 22.6 Å². The van der Waals surface area contributed by atoms with Crippen LogP contribution in [0, 0.1) is 6.92 Å². The molecule has 0 unspecified atom stereocenters. The van der Waals surface area contributed by atoms with Crippen molar-refractivity contribution in [2.24, 2.45) is 0 Å². The molecule has 10 heteroatoms. The maximum absolute atomic E-state index is 13.1. The smallest absolute Gasteiger partial charge is 0.416 e. The first kappa shape index (κ1) is 25.1. The molecule has 1 aromatic heterocycles. The fraction of sp³-hybridized carbons (Fsp3) is 0.250. The van der Waals surface area contributed by atoms with Crippen molar-refractivity contribution < 1.29 is 32.3 Å². The van der Waals surface area contributed by atoms with Crippen LogP contribution in [0.2, 0.25) is 0 Å². The lowest BCUT2D eigenvalue weighted by Crippen LogP contribution is -2.23. The van der Waals surface area contributed by atoms with E-state index in [1.807, 2.05) is 19.1 Å². The Morgan fingerprint density at radius 1 is 1.06 bits per heavy atom. The third-order valence-corrected chi connectivity index (χ3v) is 5.66. The zero-order valence-corrected chi connectivity index (χ0v) is 19.2. The van der Waals surface area contributed by atoms with E-state index in [1.54, 1.807) is 17.5 Å². The highest BCUT2D eigenvalue weighted by Gasteiger charge is 2.31. The summed E-state index contributed by atoms with van der Waals surface area (Å²) in [7, 11) is 0. The number of nitrogens with zero attached hydrogens (tertiary/aromatic N) is 2. The van der Waals surface area contributed by atoms with E-state index in [-0.39, 0.29) is 36.1 Å². The number of thiazole rings is 1. The molecule has 0 aliphatic rings. The molecule has 0 N–H and O–H groups in total. The Bertz CT molecular complexity index is 1190. The third kappa shape index (κ3) is 6.50. The number of ether oxygens (including phenoxy) is 1. The van der Waals surface area contributed by atoms with Gasteiger partial charge in [-0.15, -0.1) is 11.3 Å². The Morgan fingerprint density at radius 3 is 2.41 bits per heavy atom. The maximum atomic E-state index is 13.1. The topological polar surface area (TPSA) is 76.6 Å². The van der Waals surface area contributed by atoms with Crippen LogP contribution in [0.1, 0.15) is 46.9 Å². The standard InChI is InChI=1S/C24H21F3N2O4S/c1-15-6-8-17(9-7-15)21(31)10-11-22(32)33-13-19-14-34-23(28-19)29(16(2)30)20-5-3-4-18(12-20)24(25,26)27/h3-9,12,14H,10-11,13H2,1-2H3. The average Bonchev–Trinajstić information content (AvgIpc) is 3.24. The van der Waals surface area contributed by atoms with E-state index in [0.29, 0.717) is 11.3 Å². The first-order valence-corrected chi connectivity index (χ1v) is 11.1. The average molecular weight is 491 g/mol. The zero-order valence-electron chi connectivity index (χ0n) is 18.4. The molecule has 0 radical (unpaired) electrons. The number of hydrogen-bond donors (Lipinski definition) is 0. The van der Waals surface area contributed by atoms with Gasteiger partial charge in [-0.25, -0.2) is 4.98 Å². The van der Waals surface area contributed by atoms with E-state index < -0.39 is 23.6 Å². The van der Waals surface area contributed by atoms with Crippen LogP contribution < -0.4 is 4.90 Å². The van der Waals surface area contributed by atoms with Gasteiger partial charge in [0.2, 0.25) is 5.91 Å². The van der Waals surface area contributed by atoms with Gasteiger partial charge in [0, 0.05) is 24.3 Å². The zero-order chi connectivity index (χ0) is 24.9. The molecule has 0 aliphatic heterocycles. The number of amides is 1. The lowest BCUT2D eigenvalue weighted by atomic mass is 10.1. The Balaban J connectivity index is 1.60. The maximum Gasteiger partial charge on any atom is 0.416 e. The number of carbonyl (C=O) groups excluding carboxylic acids is 3. The number of anilines is 2. The number of aryl methyl sites for hydroxylation is 1. The molecule has 2 aromatic carbocycles. The molecule has 0 spiro atoms. The third-order valence-electron chi connectivity index (χ3n) is 4.79. The molecule has 0 aliphatic carbocycles. The summed E-state index contributed by atoms with van der Waals surface area (Å²) in [6.07, 6.45) is -4.66. The number of hydrogen-bond acceptors (Lipinski definition) is 6. The number of carbonyl (C=O) groups is 3. The highest BCUT2D eigenvalue weighted by atomic mass is 32.1. The van der Waals surface area contributed by atoms with Crippen LogP contribution in [0.3, 0.4) is 0 Å². The van der Waals surface area contributed by atoms with Crippen molar-refractivity contribution in [1.29, 1.82) is 0 Å². The van der Waals surface area contributed by atoms with E-state index in [0.717, 1.165) is 33.9 Å². The summed E-state index contributed by atoms with van der Waals surface area (Å²) in [6, 6.07) is 11.4. The summed E-state index contributed by atoms with van der Waals surface area (Å²) in [5.41, 5.74) is 1.00. The van der Waals surface area contributed by atoms with Crippen LogP contribution in [0.4, 0.5) is 24.0 Å². The van der Waals surface area contributed by atoms with Gasteiger partial charge in [-0.2, -0.15) is 13.2 Å². The minimum atomic E-state index is -4.55. The lowest BCUT2D eigenvalue weighted by Gasteiger charge is -2.19. The van der Waals surface area contributed by atoms with Crippen molar-refractivity contribution in [3.05, 3.63) is 76.3 Å². The van der Waals surface area contributed by atoms with E-state index in [1.165, 1.54) is 19.1 Å². The molecule has 0 fully saturated rings. The summed E-state index contributed by atoms with van der Waals surface area (Å²) in [5.74, 6) is -1.28. The SMILES string of the molecule is CC(=O)N(c1cccc(C(F)(F)F)c1)c1nc(COC(=O)CCC(=O)c2ccc(C)cc2)cs1. The summed E-state index contributed by atoms with van der Waals surface area (Å²) in [5, 5.41) is 1.69. The normalized spacial score (nSPS) is 11.2. The Labute approximate surface area is 198 Å². The lowest BCUT2D eigenvalue weighted by molar-refractivity contribution is -0.145. The van der Waals surface area contributed by atoms with Crippen molar-refractivity contribution >= 4 is 39.8 Å². The fourth-order valence-corrected chi connectivity index (χ4v) is 3.91. The molecule has 1 heterocycles. The largest absolute Gasteiger partial charge is 0.459 e. The number of benzene rings is 2. The van der Waals surface area contributed by atoms with Crippen molar-refractivity contribution in [3.63, 3.8) is 0 Å². The van der Waals surface area contributed by atoms with Crippen LogP contribution in [0.5, 0.6) is 0 Å². The van der Waals surface area contributed by atoms with Crippen molar-refractivity contribution in [3.8, 4) is 0 Å². The number of rotatable bonds is 8. The van der Waals surface area contributed by atoms with E-state index in [9.17, 15) is 27.6 Å². The van der Waals surface area contributed by atoms with Crippen LogP contribution >= 0.6 is 11.3 Å². The van der Waals surface area contributed by atoms with Gasteiger partial charge >= 0.3 is 12.1 Å². The Hall–Kier alpha value is -3.53. The number of aromatic nitrogens is 1. The van der Waals surface area contributed by atoms with E-state index in [4.69, 9.17) is 4.74 Å². The highest BCUT2D eigenvalue weighted by Crippen LogP contribution is 2.35. The van der Waals surface area contributed by atoms with Gasteiger partial charge in [-0.1, -0.05) is 35.9 Å². The highest BCUT2D eigenvalue weighted by molar-refractivity contribution is 7.14. The van der Waals surface area contributed by atoms with Gasteiger partial charge < -0.3 is 4.74 Å². The number of esters is 1. The van der Waals surface area contributed by atoms with Crippen molar-refractivity contribution in [2.75, 3.05) is 4.90 Å². The second kappa shape index (κ2) is 10.6. The number of ketones is 1. The van der Waals surface area contributed by atoms with Gasteiger partial charge in [0.1, 0.15) is 6.61 Å². The second-order valence-electron chi connectivity index (χ2n) is 7.47. The van der Waals surface area contributed by atoms with Gasteiger partial charge in [-0.3, -0.25) is 19.3 Å². The molecule has 0 saturated heterocycles. The van der Waals surface area contributed by atoms with Gasteiger partial charge in [0.25, 0.3) is 0 Å². The minimum Gasteiger partial charge on any atom is -0.459 e. The molecule has 3 aromatic rings. The monoisotopic (exact) mass is 490 g/mol. The molecule has 0 bridgehead atoms. The number of halogens is 3. The molecule has 1 amide bonds. The predicted molar refractivity (Wildman–Crippen MR) is 121 cm³/mol. The molecular formula is C24H21F3N2O4S. The van der Waals surface area contributed by atoms with Gasteiger partial charge in [0.05, 0.1) is 23.4 Å². The van der Waals surface area contributed by atoms with E-state index >= 15 is 0 Å². The molecular weight excluding hydrogens is 469 g/mol. The molecule has 0 atom stereocenters. The van der Waals surface area contributed by atoms with Gasteiger partial charge in [0.15, 0.2) is 10.9 Å². The molecule has 0 saturated carbocycles. The molecule has 34 heavy (non-hydrogen) atoms. The summed E-state index contributed by atoms with van der Waals surface area (Å²) < 4.78 is 44.3. The fourth-order valence-electron chi connectivity index (χ4n) is 3.04. The first-order valence-electron chi connectivity index (χ1n) is 10.2. The Morgan fingerprint density at radius 2 is 1.76 bits per heavy atom. The van der Waals surface area contributed by atoms with Crippen molar-refractivity contribution in [2.45, 2.75) is 39.5 Å². The second-order valence-corrected chi connectivity index (χ2v) is 8.31. The first-order chi connectivity index (χ1) is 16.0. The predicted octanol–water partition coefficient (Wildman–Crippen LogP) is 5.86. The molecule has 178 valence electrons. The Kier molecular flexibility index (Phi) is 7.83. The van der Waals surface area contributed by atoms with E-state index in [2.05, 4.69) is 4.98 Å². The number of alkyl halides is 3. The van der Waals surface area contributed by atoms with Crippen LogP contribution in [-0.2, 0) is 27.1 Å². The molecule has 6 nitrogen and oxygen atoms in total.